The number of furan rings is 2. The molecule has 6 aromatic rings. The predicted octanol–water partition coefficient (Wildman–Crippen LogP) is 5.10. The Morgan fingerprint density at radius 3 is 1.54 bits per heavy atom. The second kappa shape index (κ2) is 11.3. The zero-order valence-electron chi connectivity index (χ0n) is 27.3. The average Bonchev–Trinajstić information content (AvgIpc) is 3.86. The van der Waals surface area contributed by atoms with E-state index in [1.165, 1.54) is 9.03 Å². The van der Waals surface area contributed by atoms with E-state index in [0.717, 1.165) is 12.8 Å². The minimum atomic E-state index is -0.328. The lowest BCUT2D eigenvalue weighted by atomic mass is 9.82. The Kier molecular flexibility index (Phi) is 7.07. The lowest BCUT2D eigenvalue weighted by Gasteiger charge is -2.49. The third kappa shape index (κ3) is 5.00. The van der Waals surface area contributed by atoms with E-state index in [-0.39, 0.29) is 41.8 Å². The molecule has 0 spiro atoms. The van der Waals surface area contributed by atoms with Crippen molar-refractivity contribution in [2.24, 2.45) is 23.7 Å². The maximum absolute atomic E-state index is 15.0. The minimum absolute atomic E-state index is 0.0715. The number of amides is 2. The van der Waals surface area contributed by atoms with Crippen molar-refractivity contribution in [1.82, 2.24) is 49.0 Å². The molecule has 2 amide bonds. The SMILES string of the molecule is CC1CC(C)C(c2cc3nc(-c4ccco4)nn3c(N)n2)N(C(=O)N2CC(C)CC(C)C2c2cc3nc(-c4ccco4)nn3c(N)n2)C1. The van der Waals surface area contributed by atoms with Crippen molar-refractivity contribution in [2.45, 2.75) is 52.6 Å². The Morgan fingerprint density at radius 2 is 1.15 bits per heavy atom. The summed E-state index contributed by atoms with van der Waals surface area (Å²) < 4.78 is 14.0. The molecule has 0 aliphatic carbocycles. The van der Waals surface area contributed by atoms with Crippen molar-refractivity contribution in [1.29, 1.82) is 0 Å². The van der Waals surface area contributed by atoms with Gasteiger partial charge in [0.15, 0.2) is 22.8 Å². The van der Waals surface area contributed by atoms with Crippen molar-refractivity contribution < 1.29 is 13.6 Å². The van der Waals surface area contributed by atoms with Crippen molar-refractivity contribution in [3.8, 4) is 23.2 Å². The van der Waals surface area contributed by atoms with E-state index in [2.05, 4.69) is 47.9 Å². The first-order valence-electron chi connectivity index (χ1n) is 16.4. The highest BCUT2D eigenvalue weighted by molar-refractivity contribution is 5.76. The van der Waals surface area contributed by atoms with E-state index in [1.54, 1.807) is 36.8 Å². The fraction of sp³-hybridized carbons (Fsp3) is 0.424. The first-order chi connectivity index (χ1) is 23.1. The third-order valence-corrected chi connectivity index (χ3v) is 9.63. The van der Waals surface area contributed by atoms with Gasteiger partial charge in [0.2, 0.25) is 23.5 Å². The molecule has 48 heavy (non-hydrogen) atoms. The molecule has 0 radical (unpaired) electrons. The normalized spacial score (nSPS) is 24.9. The van der Waals surface area contributed by atoms with Gasteiger partial charge in [-0.05, 0) is 60.8 Å². The molecule has 15 nitrogen and oxygen atoms in total. The summed E-state index contributed by atoms with van der Waals surface area (Å²) in [5.74, 6) is 3.08. The highest BCUT2D eigenvalue weighted by Gasteiger charge is 2.44. The van der Waals surface area contributed by atoms with Gasteiger partial charge in [-0.15, -0.1) is 10.2 Å². The number of hydrogen-bond acceptors (Lipinski definition) is 11. The number of hydrogen-bond donors (Lipinski definition) is 2. The van der Waals surface area contributed by atoms with Crippen LogP contribution in [0.1, 0.15) is 64.0 Å². The van der Waals surface area contributed by atoms with Crippen LogP contribution in [0.2, 0.25) is 0 Å². The molecular formula is C33H38N12O3. The van der Waals surface area contributed by atoms with Gasteiger partial charge in [-0.2, -0.15) is 9.03 Å². The number of carbonyl (C=O) groups excluding carboxylic acids is 1. The predicted molar refractivity (Wildman–Crippen MR) is 176 cm³/mol. The molecule has 2 aliphatic heterocycles. The molecule has 8 heterocycles. The number of nitrogens with zero attached hydrogens (tertiary/aromatic N) is 10. The van der Waals surface area contributed by atoms with E-state index in [9.17, 15) is 4.79 Å². The number of nitrogens with two attached hydrogens (primary N) is 2. The molecule has 8 rings (SSSR count). The van der Waals surface area contributed by atoms with Gasteiger partial charge in [0.25, 0.3) is 0 Å². The Hall–Kier alpha value is -5.47. The average molecular weight is 651 g/mol. The number of anilines is 2. The van der Waals surface area contributed by atoms with Crippen LogP contribution in [0.5, 0.6) is 0 Å². The summed E-state index contributed by atoms with van der Waals surface area (Å²) in [6.07, 6.45) is 5.01. The van der Waals surface area contributed by atoms with Gasteiger partial charge in [0.05, 0.1) is 36.0 Å². The number of aromatic nitrogens is 8. The van der Waals surface area contributed by atoms with Gasteiger partial charge in [-0.25, -0.2) is 24.7 Å². The van der Waals surface area contributed by atoms with E-state index in [4.69, 9.17) is 30.3 Å². The topological polar surface area (TPSA) is 188 Å². The van der Waals surface area contributed by atoms with E-state index in [1.807, 2.05) is 21.9 Å². The van der Waals surface area contributed by atoms with Gasteiger partial charge in [0.1, 0.15) is 0 Å². The molecular weight excluding hydrogens is 612 g/mol. The zero-order chi connectivity index (χ0) is 33.3. The smallest absolute Gasteiger partial charge is 0.321 e. The standard InChI is InChI=1S/C33H38N12O3/c1-17-11-19(3)27(21-13-25-38-29(23-7-5-9-47-23)40-44(25)31(34)36-21)42(15-17)33(46)43-16-18(2)12-20(4)28(43)22-14-26-39-30(24-8-6-10-48-24)41-45(26)32(35)37-22/h5-10,13-14,17-20,27-28H,11-12,15-16H2,1-4H3,(H2,34,36)(H2,35,37). The van der Waals surface area contributed by atoms with Gasteiger partial charge < -0.3 is 30.1 Å². The van der Waals surface area contributed by atoms with Crippen LogP contribution in [0.15, 0.2) is 57.8 Å². The van der Waals surface area contributed by atoms with Crippen molar-refractivity contribution >= 4 is 29.2 Å². The van der Waals surface area contributed by atoms with Crippen LogP contribution in [0.25, 0.3) is 34.5 Å². The van der Waals surface area contributed by atoms with E-state index in [0.29, 0.717) is 70.8 Å². The van der Waals surface area contributed by atoms with Gasteiger partial charge in [-0.1, -0.05) is 27.7 Å². The summed E-state index contributed by atoms with van der Waals surface area (Å²) in [4.78, 5) is 37.8. The Bertz CT molecular complexity index is 1950. The highest BCUT2D eigenvalue weighted by atomic mass is 16.3. The minimum Gasteiger partial charge on any atom is -0.461 e. The van der Waals surface area contributed by atoms with E-state index >= 15 is 0 Å². The molecule has 248 valence electrons. The maximum Gasteiger partial charge on any atom is 0.321 e. The van der Waals surface area contributed by atoms with Crippen LogP contribution >= 0.6 is 0 Å². The summed E-state index contributed by atoms with van der Waals surface area (Å²) >= 11 is 0. The Morgan fingerprint density at radius 1 is 0.708 bits per heavy atom. The van der Waals surface area contributed by atoms with Gasteiger partial charge >= 0.3 is 6.03 Å². The Balaban J connectivity index is 1.17. The number of nitrogen functional groups attached to an aromatic ring is 2. The Labute approximate surface area is 276 Å². The summed E-state index contributed by atoms with van der Waals surface area (Å²) in [5, 5.41) is 9.01. The van der Waals surface area contributed by atoms with Crippen LogP contribution in [0, 0.1) is 23.7 Å². The van der Waals surface area contributed by atoms with Crippen molar-refractivity contribution in [3.63, 3.8) is 0 Å². The molecule has 0 bridgehead atoms. The first-order valence-corrected chi connectivity index (χ1v) is 16.4. The zero-order valence-corrected chi connectivity index (χ0v) is 27.3. The summed E-state index contributed by atoms with van der Waals surface area (Å²) in [7, 11) is 0. The fourth-order valence-corrected chi connectivity index (χ4v) is 7.83. The summed E-state index contributed by atoms with van der Waals surface area (Å²) in [6, 6.07) is 10.2. The molecule has 15 heteroatoms. The van der Waals surface area contributed by atoms with E-state index < -0.39 is 0 Å². The molecule has 2 aliphatic rings. The number of urea groups is 1. The van der Waals surface area contributed by atoms with Crippen molar-refractivity contribution in [2.75, 3.05) is 24.6 Å². The van der Waals surface area contributed by atoms with Gasteiger partial charge in [0, 0.05) is 25.2 Å². The molecule has 2 fully saturated rings. The molecule has 6 atom stereocenters. The number of fused-ring (bicyclic) bond motifs is 2. The molecule has 4 N–H and O–H groups in total. The van der Waals surface area contributed by atoms with Gasteiger partial charge in [-0.3, -0.25) is 0 Å². The molecule has 2 saturated heterocycles. The van der Waals surface area contributed by atoms with Crippen LogP contribution in [0.4, 0.5) is 16.7 Å². The number of piperidine rings is 2. The maximum atomic E-state index is 15.0. The monoisotopic (exact) mass is 650 g/mol. The van der Waals surface area contributed by atoms with Crippen LogP contribution in [-0.2, 0) is 0 Å². The van der Waals surface area contributed by atoms with Crippen LogP contribution in [0.3, 0.4) is 0 Å². The molecule has 6 unspecified atom stereocenters. The van der Waals surface area contributed by atoms with Crippen molar-refractivity contribution in [3.05, 3.63) is 60.3 Å². The highest BCUT2D eigenvalue weighted by Crippen LogP contribution is 2.43. The quantitative estimate of drug-likeness (QED) is 0.258. The molecule has 0 aromatic carbocycles. The summed E-state index contributed by atoms with van der Waals surface area (Å²) in [5.41, 5.74) is 15.4. The third-order valence-electron chi connectivity index (χ3n) is 9.63. The summed E-state index contributed by atoms with van der Waals surface area (Å²) in [6.45, 7) is 9.84. The lowest BCUT2D eigenvalue weighted by Crippen LogP contribution is -2.55. The number of likely N-dealkylation sites (tertiary alicyclic amines) is 2. The second-order valence-corrected chi connectivity index (χ2v) is 13.6. The number of carbonyl (C=O) groups is 1. The number of rotatable bonds is 4. The fourth-order valence-electron chi connectivity index (χ4n) is 7.83. The van der Waals surface area contributed by atoms with Crippen LogP contribution in [-0.4, -0.2) is 68.1 Å². The lowest BCUT2D eigenvalue weighted by molar-refractivity contribution is 0.0298. The second-order valence-electron chi connectivity index (χ2n) is 13.6. The largest absolute Gasteiger partial charge is 0.461 e. The first kappa shape index (κ1) is 29.9. The molecule has 0 saturated carbocycles. The van der Waals surface area contributed by atoms with Crippen LogP contribution < -0.4 is 11.5 Å². The molecule has 6 aromatic heterocycles.